The molecule has 0 bridgehead atoms. The molecule has 3 N–H and O–H groups in total. The summed E-state index contributed by atoms with van der Waals surface area (Å²) < 4.78 is 7.44. The van der Waals surface area contributed by atoms with E-state index < -0.39 is 6.10 Å². The van der Waals surface area contributed by atoms with Gasteiger partial charge in [0.05, 0.1) is 24.6 Å². The van der Waals surface area contributed by atoms with E-state index in [2.05, 4.69) is 25.5 Å². The second-order valence-electron chi connectivity index (χ2n) is 9.37. The molecule has 36 heavy (non-hydrogen) atoms. The van der Waals surface area contributed by atoms with E-state index in [0.29, 0.717) is 36.3 Å². The molecule has 4 aromatic rings. The van der Waals surface area contributed by atoms with Crippen LogP contribution in [-0.2, 0) is 9.53 Å². The predicted octanol–water partition coefficient (Wildman–Crippen LogP) is 2.32. The van der Waals surface area contributed by atoms with Crippen LogP contribution in [0.25, 0.3) is 27.8 Å². The highest BCUT2D eigenvalue weighted by Crippen LogP contribution is 2.33. The Kier molecular flexibility index (Phi) is 5.65. The van der Waals surface area contributed by atoms with Gasteiger partial charge in [-0.15, -0.1) is 5.10 Å². The minimum Gasteiger partial charge on any atom is -0.391 e. The first-order chi connectivity index (χ1) is 17.5. The second-order valence-corrected chi connectivity index (χ2v) is 9.37. The van der Waals surface area contributed by atoms with Crippen LogP contribution in [0, 0.1) is 5.92 Å². The van der Waals surface area contributed by atoms with Crippen LogP contribution in [-0.4, -0.2) is 74.5 Å². The summed E-state index contributed by atoms with van der Waals surface area (Å²) in [6.45, 7) is 3.64. The van der Waals surface area contributed by atoms with Crippen molar-refractivity contribution in [2.75, 3.05) is 42.3 Å². The molecule has 1 saturated carbocycles. The summed E-state index contributed by atoms with van der Waals surface area (Å²) in [7, 11) is 1.81. The molecule has 0 radical (unpaired) electrons. The van der Waals surface area contributed by atoms with E-state index in [9.17, 15) is 9.90 Å². The van der Waals surface area contributed by atoms with Crippen LogP contribution < -0.4 is 15.5 Å². The molecule has 4 aromatic heterocycles. The van der Waals surface area contributed by atoms with E-state index in [1.807, 2.05) is 31.4 Å². The van der Waals surface area contributed by atoms with Gasteiger partial charge < -0.3 is 25.4 Å². The molecule has 2 aliphatic rings. The van der Waals surface area contributed by atoms with Gasteiger partial charge in [0.2, 0.25) is 5.91 Å². The van der Waals surface area contributed by atoms with Crippen LogP contribution in [0.5, 0.6) is 0 Å². The van der Waals surface area contributed by atoms with E-state index in [-0.39, 0.29) is 17.9 Å². The van der Waals surface area contributed by atoms with Gasteiger partial charge in [-0.1, -0.05) is 0 Å². The van der Waals surface area contributed by atoms with Gasteiger partial charge in [0.25, 0.3) is 0 Å². The fraction of sp³-hybridized carbons (Fsp3) is 0.400. The third-order valence-electron chi connectivity index (χ3n) is 6.76. The Balaban J connectivity index is 1.37. The highest BCUT2D eigenvalue weighted by Gasteiger charge is 2.30. The van der Waals surface area contributed by atoms with Crippen molar-refractivity contribution in [3.63, 3.8) is 0 Å². The molecule has 2 fully saturated rings. The zero-order chi connectivity index (χ0) is 24.8. The molecule has 1 aliphatic carbocycles. The number of anilines is 3. The Hall–Kier alpha value is -3.83. The van der Waals surface area contributed by atoms with Crippen molar-refractivity contribution in [2.45, 2.75) is 32.0 Å². The Labute approximate surface area is 207 Å². The third-order valence-corrected chi connectivity index (χ3v) is 6.76. The summed E-state index contributed by atoms with van der Waals surface area (Å²) in [5, 5.41) is 22.4. The predicted molar refractivity (Wildman–Crippen MR) is 136 cm³/mol. The number of carbonyl (C=O) groups is 1. The van der Waals surface area contributed by atoms with Crippen LogP contribution in [0.3, 0.4) is 0 Å². The number of amides is 1. The van der Waals surface area contributed by atoms with Gasteiger partial charge in [0.1, 0.15) is 17.7 Å². The monoisotopic (exact) mass is 488 g/mol. The normalized spacial score (nSPS) is 19.0. The van der Waals surface area contributed by atoms with Crippen molar-refractivity contribution >= 4 is 39.6 Å². The van der Waals surface area contributed by atoms with Gasteiger partial charge in [-0.05, 0) is 38.0 Å². The molecular weight excluding hydrogens is 460 g/mol. The SMILES string of the molecule is CNc1ncc(-c2nc3ccc(N4CCO[C@@H]([C@H](C)O)C4)cn3n2)c2cc(NC(=O)C3CC3)ncc12. The maximum absolute atomic E-state index is 12.3. The number of morpholine rings is 1. The first kappa shape index (κ1) is 22.6. The van der Waals surface area contributed by atoms with Crippen LogP contribution in [0.15, 0.2) is 36.8 Å². The molecule has 0 aromatic carbocycles. The minimum absolute atomic E-state index is 0.00521. The number of nitrogens with zero attached hydrogens (tertiary/aromatic N) is 6. The maximum atomic E-state index is 12.3. The number of aliphatic hydroxyl groups is 1. The van der Waals surface area contributed by atoms with Gasteiger partial charge >= 0.3 is 0 Å². The smallest absolute Gasteiger partial charge is 0.228 e. The number of hydrogen-bond acceptors (Lipinski definition) is 9. The molecule has 2 atom stereocenters. The van der Waals surface area contributed by atoms with E-state index in [1.54, 1.807) is 23.8 Å². The lowest BCUT2D eigenvalue weighted by Gasteiger charge is -2.35. The van der Waals surface area contributed by atoms with Gasteiger partial charge in [-0.25, -0.2) is 19.5 Å². The fourth-order valence-corrected chi connectivity index (χ4v) is 4.53. The van der Waals surface area contributed by atoms with E-state index in [1.165, 1.54) is 0 Å². The van der Waals surface area contributed by atoms with Gasteiger partial charge in [0.15, 0.2) is 11.5 Å². The molecule has 0 unspecified atom stereocenters. The number of rotatable bonds is 6. The fourth-order valence-electron chi connectivity index (χ4n) is 4.53. The van der Waals surface area contributed by atoms with Crippen LogP contribution in [0.1, 0.15) is 19.8 Å². The lowest BCUT2D eigenvalue weighted by atomic mass is 10.1. The number of ether oxygens (including phenoxy) is 1. The molecule has 6 rings (SSSR count). The molecule has 186 valence electrons. The molecule has 1 amide bonds. The van der Waals surface area contributed by atoms with Crippen LogP contribution >= 0.6 is 0 Å². The standard InChI is InChI=1S/C25H28N8O3/c1-14(34)20-13-32(7-8-36-20)16-5-6-22-30-24(31-33(22)12-16)19-11-28-23(26-2)18-10-27-21(9-17(18)19)29-25(35)15-3-4-15/h5-6,9-12,14-15,20,34H,3-4,7-8,13H2,1-2H3,(H,26,28)(H,27,29,35)/t14-,20+/m0/s1. The van der Waals surface area contributed by atoms with E-state index in [4.69, 9.17) is 14.8 Å². The van der Waals surface area contributed by atoms with Crippen molar-refractivity contribution in [3.8, 4) is 11.4 Å². The molecule has 1 aliphatic heterocycles. The number of aliphatic hydroxyl groups excluding tert-OH is 1. The highest BCUT2D eigenvalue weighted by atomic mass is 16.5. The minimum atomic E-state index is -0.538. The third kappa shape index (κ3) is 4.20. The summed E-state index contributed by atoms with van der Waals surface area (Å²) in [5.41, 5.74) is 2.44. The van der Waals surface area contributed by atoms with Gasteiger partial charge in [-0.3, -0.25) is 4.79 Å². The number of fused-ring (bicyclic) bond motifs is 2. The van der Waals surface area contributed by atoms with Gasteiger partial charge in [0, 0.05) is 54.8 Å². The average molecular weight is 489 g/mol. The van der Waals surface area contributed by atoms with Crippen molar-refractivity contribution in [3.05, 3.63) is 36.8 Å². The quantitative estimate of drug-likeness (QED) is 0.374. The Morgan fingerprint density at radius 3 is 2.86 bits per heavy atom. The zero-order valence-electron chi connectivity index (χ0n) is 20.2. The first-order valence-corrected chi connectivity index (χ1v) is 12.2. The average Bonchev–Trinajstić information content (AvgIpc) is 3.67. The zero-order valence-corrected chi connectivity index (χ0v) is 20.2. The Morgan fingerprint density at radius 1 is 1.22 bits per heavy atom. The first-order valence-electron chi connectivity index (χ1n) is 12.2. The number of nitrogens with one attached hydrogen (secondary N) is 2. The Morgan fingerprint density at radius 2 is 2.08 bits per heavy atom. The van der Waals surface area contributed by atoms with Crippen molar-refractivity contribution in [1.29, 1.82) is 0 Å². The van der Waals surface area contributed by atoms with Gasteiger partial charge in [-0.2, -0.15) is 0 Å². The van der Waals surface area contributed by atoms with Crippen LogP contribution in [0.4, 0.5) is 17.3 Å². The second kappa shape index (κ2) is 8.99. The summed E-state index contributed by atoms with van der Waals surface area (Å²) >= 11 is 0. The molecule has 5 heterocycles. The van der Waals surface area contributed by atoms with Crippen molar-refractivity contribution in [2.24, 2.45) is 5.92 Å². The van der Waals surface area contributed by atoms with E-state index >= 15 is 0 Å². The summed E-state index contributed by atoms with van der Waals surface area (Å²) in [6.07, 6.45) is 6.48. The number of aromatic nitrogens is 5. The summed E-state index contributed by atoms with van der Waals surface area (Å²) in [6, 6.07) is 5.79. The Bertz CT molecular complexity index is 1450. The largest absolute Gasteiger partial charge is 0.391 e. The van der Waals surface area contributed by atoms with E-state index in [0.717, 1.165) is 41.4 Å². The van der Waals surface area contributed by atoms with Crippen molar-refractivity contribution < 1.29 is 14.6 Å². The number of carbonyl (C=O) groups excluding carboxylic acids is 1. The number of hydrogen-bond donors (Lipinski definition) is 3. The molecule has 1 saturated heterocycles. The molecule has 0 spiro atoms. The molecular formula is C25H28N8O3. The summed E-state index contributed by atoms with van der Waals surface area (Å²) in [4.78, 5) is 28.2. The molecule has 11 nitrogen and oxygen atoms in total. The molecule has 11 heteroatoms. The van der Waals surface area contributed by atoms with Crippen molar-refractivity contribution in [1.82, 2.24) is 24.6 Å². The lowest BCUT2D eigenvalue weighted by Crippen LogP contribution is -2.47. The highest BCUT2D eigenvalue weighted by molar-refractivity contribution is 6.03. The topological polar surface area (TPSA) is 130 Å². The number of pyridine rings is 3. The maximum Gasteiger partial charge on any atom is 0.228 e. The lowest BCUT2D eigenvalue weighted by molar-refractivity contribution is -0.117. The summed E-state index contributed by atoms with van der Waals surface area (Å²) in [5.74, 6) is 1.81. The van der Waals surface area contributed by atoms with Crippen LogP contribution in [0.2, 0.25) is 0 Å².